The molecule has 1 fully saturated rings. The van der Waals surface area contributed by atoms with E-state index >= 15 is 0 Å². The van der Waals surface area contributed by atoms with Crippen LogP contribution in [0.15, 0.2) is 0 Å². The summed E-state index contributed by atoms with van der Waals surface area (Å²) in [6.45, 7) is 15.4. The van der Waals surface area contributed by atoms with Gasteiger partial charge in [0.15, 0.2) is 12.6 Å². The summed E-state index contributed by atoms with van der Waals surface area (Å²) in [4.78, 5) is 42.6. The Morgan fingerprint density at radius 2 is 0.761 bits per heavy atom. The number of carbonyl (C=O) groups excluding carboxylic acids is 3. The molecule has 1 heterocycles. The average Bonchev–Trinajstić information content (AvgIpc) is 3.36. The lowest BCUT2D eigenvalue weighted by molar-refractivity contribution is -0.159. The van der Waals surface area contributed by atoms with Crippen molar-refractivity contribution in [2.45, 2.75) is 290 Å². The first-order chi connectivity index (χ1) is 34.7. The Morgan fingerprint density at radius 3 is 1.10 bits per heavy atom. The standard InChI is InChI=1S/C59H113ClN2O9/c1-6-10-14-22-32-48-68-57(69-49-33-23-15-11-7-2)40-38-55(63)66-46-30-26-18-20-28-36-54(62(59(60)65)52-53-42-44-61(5)45-43-53)37-29-21-19-27-31-47-67-56(64)39-41-58(70-50-34-24-16-12-8-3)71-51-35-25-17-13-9-4/h53-54,57-58H,6-52H2,1-5H3. The predicted molar refractivity (Wildman–Crippen MR) is 294 cm³/mol. The van der Waals surface area contributed by atoms with Crippen molar-refractivity contribution in [1.82, 2.24) is 9.80 Å². The lowest BCUT2D eigenvalue weighted by Gasteiger charge is -2.36. The quantitative estimate of drug-likeness (QED) is 0.0192. The summed E-state index contributed by atoms with van der Waals surface area (Å²) in [7, 11) is 2.17. The van der Waals surface area contributed by atoms with Crippen LogP contribution in [0.1, 0.15) is 272 Å². The third-order valence-corrected chi connectivity index (χ3v) is 14.4. The smallest absolute Gasteiger partial charge is 0.316 e. The number of hydrogen-bond acceptors (Lipinski definition) is 10. The minimum atomic E-state index is -0.346. The number of ether oxygens (including phenoxy) is 6. The zero-order valence-electron chi connectivity index (χ0n) is 47.0. The summed E-state index contributed by atoms with van der Waals surface area (Å²) in [5, 5.41) is -0.318. The molecule has 1 rings (SSSR count). The van der Waals surface area contributed by atoms with Crippen LogP contribution in [-0.2, 0) is 38.0 Å². The first kappa shape index (κ1) is 67.5. The van der Waals surface area contributed by atoms with Crippen molar-refractivity contribution in [2.75, 3.05) is 66.3 Å². The Bertz CT molecular complexity index is 1090. The molecule has 12 heteroatoms. The van der Waals surface area contributed by atoms with Crippen LogP contribution in [-0.4, -0.2) is 112 Å². The van der Waals surface area contributed by atoms with Gasteiger partial charge >= 0.3 is 17.3 Å². The van der Waals surface area contributed by atoms with Crippen molar-refractivity contribution >= 4 is 28.9 Å². The van der Waals surface area contributed by atoms with Crippen molar-refractivity contribution in [3.05, 3.63) is 0 Å². The van der Waals surface area contributed by atoms with E-state index in [9.17, 15) is 14.4 Å². The molecule has 0 bridgehead atoms. The molecule has 0 aromatic carbocycles. The van der Waals surface area contributed by atoms with Crippen LogP contribution < -0.4 is 0 Å². The molecular formula is C59H113ClN2O9. The lowest BCUT2D eigenvalue weighted by atomic mass is 9.94. The number of likely N-dealkylation sites (tertiary alicyclic amines) is 1. The molecular weight excluding hydrogens is 916 g/mol. The fourth-order valence-electron chi connectivity index (χ4n) is 9.47. The molecule has 71 heavy (non-hydrogen) atoms. The van der Waals surface area contributed by atoms with Gasteiger partial charge in [-0.1, -0.05) is 182 Å². The SMILES string of the molecule is CCCCCCCOC(CCC(=O)OCCCCCCCC(CCCCCCCOC(=O)CCC(OCCCCCCC)OCCCCCCC)N(CC1CCN(C)CC1)C(=O)Cl)OCCCCCCC. The largest absolute Gasteiger partial charge is 0.466 e. The van der Waals surface area contributed by atoms with Gasteiger partial charge in [-0.15, -0.1) is 0 Å². The number of carbonyl (C=O) groups is 3. The van der Waals surface area contributed by atoms with Gasteiger partial charge in [-0.05, 0) is 102 Å². The number of esters is 2. The van der Waals surface area contributed by atoms with Gasteiger partial charge in [0.25, 0.3) is 0 Å². The monoisotopic (exact) mass is 1030 g/mol. The molecule has 1 aliphatic heterocycles. The Balaban J connectivity index is 2.46. The summed E-state index contributed by atoms with van der Waals surface area (Å²) in [6.07, 6.45) is 38.9. The van der Waals surface area contributed by atoms with Crippen LogP contribution >= 0.6 is 11.6 Å². The molecule has 0 spiro atoms. The molecule has 11 nitrogen and oxygen atoms in total. The number of rotatable bonds is 53. The van der Waals surface area contributed by atoms with E-state index in [-0.39, 0.29) is 35.9 Å². The number of hydrogen-bond donors (Lipinski definition) is 0. The third-order valence-electron chi connectivity index (χ3n) is 14.2. The second-order valence-corrected chi connectivity index (χ2v) is 21.3. The topological polar surface area (TPSA) is 113 Å². The molecule has 0 atom stereocenters. The average molecular weight is 1030 g/mol. The first-order valence-corrected chi connectivity index (χ1v) is 30.5. The Morgan fingerprint density at radius 1 is 0.451 bits per heavy atom. The van der Waals surface area contributed by atoms with Gasteiger partial charge in [-0.3, -0.25) is 14.4 Å². The molecule has 0 unspecified atom stereocenters. The van der Waals surface area contributed by atoms with Gasteiger partial charge in [-0.25, -0.2) is 0 Å². The van der Waals surface area contributed by atoms with Gasteiger partial charge < -0.3 is 38.2 Å². The highest BCUT2D eigenvalue weighted by atomic mass is 35.5. The van der Waals surface area contributed by atoms with E-state index in [1.54, 1.807) is 0 Å². The number of halogens is 1. The fourth-order valence-corrected chi connectivity index (χ4v) is 9.67. The maximum Gasteiger partial charge on any atom is 0.316 e. The van der Waals surface area contributed by atoms with Gasteiger partial charge in [0.2, 0.25) is 0 Å². The van der Waals surface area contributed by atoms with E-state index in [0.29, 0.717) is 71.2 Å². The minimum absolute atomic E-state index is 0.138. The first-order valence-electron chi connectivity index (χ1n) is 30.2. The zero-order valence-corrected chi connectivity index (χ0v) is 47.7. The van der Waals surface area contributed by atoms with Crippen molar-refractivity contribution in [2.24, 2.45) is 5.92 Å². The van der Waals surface area contributed by atoms with Gasteiger partial charge in [0.05, 0.1) is 26.1 Å². The van der Waals surface area contributed by atoms with E-state index in [4.69, 9.17) is 40.0 Å². The van der Waals surface area contributed by atoms with Crippen LogP contribution in [0.2, 0.25) is 0 Å². The normalized spacial score (nSPS) is 13.5. The van der Waals surface area contributed by atoms with Gasteiger partial charge in [0, 0.05) is 51.9 Å². The van der Waals surface area contributed by atoms with Gasteiger partial charge in [-0.2, -0.15) is 0 Å². The van der Waals surface area contributed by atoms with E-state index in [0.717, 1.165) is 135 Å². The van der Waals surface area contributed by atoms with Crippen LogP contribution in [0.3, 0.4) is 0 Å². The summed E-state index contributed by atoms with van der Waals surface area (Å²) in [6, 6.07) is 0.138. The third kappa shape index (κ3) is 42.4. The summed E-state index contributed by atoms with van der Waals surface area (Å²) in [5.74, 6) is 0.140. The molecule has 0 aromatic heterocycles. The Labute approximate surface area is 442 Å². The number of nitrogens with zero attached hydrogens (tertiary/aromatic N) is 2. The summed E-state index contributed by atoms with van der Waals surface area (Å²) >= 11 is 6.35. The van der Waals surface area contributed by atoms with Crippen molar-refractivity contribution < 1.29 is 42.8 Å². The molecule has 1 amide bonds. The molecule has 1 aliphatic rings. The van der Waals surface area contributed by atoms with Crippen LogP contribution in [0.4, 0.5) is 4.79 Å². The van der Waals surface area contributed by atoms with Gasteiger partial charge in [0.1, 0.15) is 0 Å². The molecule has 0 aromatic rings. The van der Waals surface area contributed by atoms with Crippen LogP contribution in [0.25, 0.3) is 0 Å². The Hall–Kier alpha value is -1.50. The predicted octanol–water partition coefficient (Wildman–Crippen LogP) is 16.3. The summed E-state index contributed by atoms with van der Waals surface area (Å²) in [5.41, 5.74) is 0. The van der Waals surface area contributed by atoms with E-state index in [1.165, 1.54) is 103 Å². The number of piperidine rings is 1. The van der Waals surface area contributed by atoms with Crippen LogP contribution in [0.5, 0.6) is 0 Å². The second kappa shape index (κ2) is 50.6. The maximum atomic E-state index is 12.9. The molecule has 0 saturated carbocycles. The maximum absolute atomic E-state index is 12.9. The second-order valence-electron chi connectivity index (χ2n) is 20.9. The fraction of sp³-hybridized carbons (Fsp3) is 0.949. The number of amides is 1. The van der Waals surface area contributed by atoms with Crippen molar-refractivity contribution in [3.63, 3.8) is 0 Å². The Kier molecular flexibility index (Phi) is 48.2. The van der Waals surface area contributed by atoms with Crippen LogP contribution in [0, 0.1) is 5.92 Å². The molecule has 420 valence electrons. The highest BCUT2D eigenvalue weighted by Gasteiger charge is 2.27. The van der Waals surface area contributed by atoms with E-state index < -0.39 is 0 Å². The molecule has 0 N–H and O–H groups in total. The van der Waals surface area contributed by atoms with E-state index in [1.807, 2.05) is 4.90 Å². The number of unbranched alkanes of at least 4 members (excludes halogenated alkanes) is 24. The zero-order chi connectivity index (χ0) is 51.7. The highest BCUT2D eigenvalue weighted by Crippen LogP contribution is 2.25. The summed E-state index contributed by atoms with van der Waals surface area (Å²) < 4.78 is 35.6. The van der Waals surface area contributed by atoms with Crippen molar-refractivity contribution in [3.8, 4) is 0 Å². The molecule has 0 radical (unpaired) electrons. The van der Waals surface area contributed by atoms with Crippen molar-refractivity contribution in [1.29, 1.82) is 0 Å². The molecule has 1 saturated heterocycles. The molecule has 0 aliphatic carbocycles. The minimum Gasteiger partial charge on any atom is -0.466 e. The lowest BCUT2D eigenvalue weighted by Crippen LogP contribution is -2.43. The van der Waals surface area contributed by atoms with E-state index in [2.05, 4.69) is 39.6 Å². The highest BCUT2D eigenvalue weighted by molar-refractivity contribution is 6.62.